The Kier molecular flexibility index (Phi) is 5.77. The fourth-order valence-electron chi connectivity index (χ4n) is 5.31. The zero-order valence-corrected chi connectivity index (χ0v) is 20.1. The molecular weight excluding hydrogens is 453 g/mol. The van der Waals surface area contributed by atoms with Crippen LogP contribution >= 0.6 is 0 Å². The minimum atomic E-state index is -0.965. The molecule has 0 spiro atoms. The molecule has 2 atom stereocenters. The number of carboxylic acid groups (broad SMARTS) is 1. The van der Waals surface area contributed by atoms with Crippen molar-refractivity contribution in [1.82, 2.24) is 14.8 Å². The Morgan fingerprint density at radius 2 is 2.11 bits per heavy atom. The SMILES string of the molecule is COCC(C)(C)c1c([C@@H]2CO[C@@H](C(=O)O)C2)c2cc3[nH]ncc3cc2n1-c1ccc(F)c(OC)c1. The topological polar surface area (TPSA) is 98.6 Å². The molecule has 35 heavy (non-hydrogen) atoms. The summed E-state index contributed by atoms with van der Waals surface area (Å²) in [5.74, 6) is -1.42. The predicted molar refractivity (Wildman–Crippen MR) is 129 cm³/mol. The Bertz CT molecular complexity index is 1420. The Balaban J connectivity index is 1.87. The van der Waals surface area contributed by atoms with Gasteiger partial charge in [-0.3, -0.25) is 5.10 Å². The maximum atomic E-state index is 14.4. The number of ether oxygens (including phenoxy) is 3. The first-order valence-electron chi connectivity index (χ1n) is 11.4. The molecule has 4 aromatic rings. The lowest BCUT2D eigenvalue weighted by Gasteiger charge is -2.29. The molecule has 0 radical (unpaired) electrons. The van der Waals surface area contributed by atoms with Crippen LogP contribution in [0.25, 0.3) is 27.5 Å². The van der Waals surface area contributed by atoms with Crippen LogP contribution in [0, 0.1) is 5.82 Å². The summed E-state index contributed by atoms with van der Waals surface area (Å²) in [5.41, 5.74) is 4.00. The van der Waals surface area contributed by atoms with Crippen molar-refractivity contribution >= 4 is 27.8 Å². The summed E-state index contributed by atoms with van der Waals surface area (Å²) >= 11 is 0. The number of methoxy groups -OCH3 is 2. The molecule has 9 heteroatoms. The number of nitrogens with zero attached hydrogens (tertiary/aromatic N) is 2. The van der Waals surface area contributed by atoms with Gasteiger partial charge in [-0.15, -0.1) is 0 Å². The number of hydrogen-bond donors (Lipinski definition) is 2. The molecule has 2 aromatic carbocycles. The highest BCUT2D eigenvalue weighted by molar-refractivity contribution is 5.99. The van der Waals surface area contributed by atoms with Crippen LogP contribution in [-0.2, 0) is 19.7 Å². The summed E-state index contributed by atoms with van der Waals surface area (Å²) in [5, 5.41) is 18.7. The number of carboxylic acids is 1. The number of halogens is 1. The first-order chi connectivity index (χ1) is 16.7. The van der Waals surface area contributed by atoms with Crippen molar-refractivity contribution in [1.29, 1.82) is 0 Å². The second-order valence-corrected chi connectivity index (χ2v) is 9.65. The third-order valence-electron chi connectivity index (χ3n) is 6.79. The molecule has 0 bridgehead atoms. The van der Waals surface area contributed by atoms with E-state index >= 15 is 0 Å². The van der Waals surface area contributed by atoms with Gasteiger partial charge in [-0.1, -0.05) is 13.8 Å². The van der Waals surface area contributed by atoms with E-state index in [2.05, 4.69) is 28.6 Å². The van der Waals surface area contributed by atoms with Crippen molar-refractivity contribution in [2.24, 2.45) is 0 Å². The molecule has 5 rings (SSSR count). The van der Waals surface area contributed by atoms with E-state index in [1.165, 1.54) is 13.2 Å². The lowest BCUT2D eigenvalue weighted by atomic mass is 9.82. The number of aromatic amines is 1. The van der Waals surface area contributed by atoms with Crippen molar-refractivity contribution in [3.05, 3.63) is 53.6 Å². The van der Waals surface area contributed by atoms with E-state index < -0.39 is 23.3 Å². The molecule has 1 aliphatic rings. The third kappa shape index (κ3) is 3.84. The minimum Gasteiger partial charge on any atom is -0.494 e. The Morgan fingerprint density at radius 3 is 2.80 bits per heavy atom. The number of H-pyrrole nitrogens is 1. The lowest BCUT2D eigenvalue weighted by Crippen LogP contribution is -2.29. The summed E-state index contributed by atoms with van der Waals surface area (Å²) in [6.45, 7) is 4.89. The van der Waals surface area contributed by atoms with Crippen LogP contribution in [0.1, 0.15) is 37.4 Å². The van der Waals surface area contributed by atoms with Gasteiger partial charge >= 0.3 is 5.97 Å². The van der Waals surface area contributed by atoms with Crippen LogP contribution in [-0.4, -0.2) is 59.4 Å². The van der Waals surface area contributed by atoms with Gasteiger partial charge in [0, 0.05) is 46.7 Å². The number of aromatic nitrogens is 3. The number of benzene rings is 2. The monoisotopic (exact) mass is 481 g/mol. The fourth-order valence-corrected chi connectivity index (χ4v) is 5.31. The highest BCUT2D eigenvalue weighted by atomic mass is 19.1. The molecule has 8 nitrogen and oxygen atoms in total. The number of aliphatic carboxylic acids is 1. The number of rotatable bonds is 7. The van der Waals surface area contributed by atoms with Crippen molar-refractivity contribution in [3.8, 4) is 11.4 Å². The van der Waals surface area contributed by atoms with E-state index in [9.17, 15) is 14.3 Å². The Labute approximate surface area is 201 Å². The van der Waals surface area contributed by atoms with Crippen LogP contribution in [0.4, 0.5) is 4.39 Å². The van der Waals surface area contributed by atoms with Crippen molar-refractivity contribution in [3.63, 3.8) is 0 Å². The largest absolute Gasteiger partial charge is 0.494 e. The quantitative estimate of drug-likeness (QED) is 0.402. The van der Waals surface area contributed by atoms with E-state index in [0.717, 1.165) is 38.8 Å². The molecule has 2 N–H and O–H groups in total. The van der Waals surface area contributed by atoms with Gasteiger partial charge < -0.3 is 23.9 Å². The van der Waals surface area contributed by atoms with Gasteiger partial charge in [0.05, 0.1) is 37.6 Å². The fraction of sp³-hybridized carbons (Fsp3) is 0.385. The summed E-state index contributed by atoms with van der Waals surface area (Å²) < 4.78 is 33.0. The average Bonchev–Trinajstić information content (AvgIpc) is 3.54. The van der Waals surface area contributed by atoms with Gasteiger partial charge in [-0.05, 0) is 36.2 Å². The standard InChI is InChI=1S/C26H28FN3O5/c1-26(2,13-33-3)24-23(15-8-22(25(31)32)35-12-15)17-10-19-14(11-28-29-19)7-20(17)30(24)16-5-6-18(27)21(9-16)34-4/h5-7,9-11,15,22H,8,12-13H2,1-4H3,(H,28,29)(H,31,32)/t15-,22+/m0/s1. The van der Waals surface area contributed by atoms with E-state index in [0.29, 0.717) is 19.6 Å². The van der Waals surface area contributed by atoms with Gasteiger partial charge in [0.1, 0.15) is 0 Å². The van der Waals surface area contributed by atoms with Gasteiger partial charge in [0.2, 0.25) is 0 Å². The maximum Gasteiger partial charge on any atom is 0.332 e. The van der Waals surface area contributed by atoms with Crippen LogP contribution in [0.5, 0.6) is 5.75 Å². The molecule has 0 unspecified atom stereocenters. The highest BCUT2D eigenvalue weighted by Gasteiger charge is 2.39. The zero-order chi connectivity index (χ0) is 24.9. The molecule has 0 saturated carbocycles. The second-order valence-electron chi connectivity index (χ2n) is 9.65. The van der Waals surface area contributed by atoms with Crippen LogP contribution in [0.15, 0.2) is 36.5 Å². The lowest BCUT2D eigenvalue weighted by molar-refractivity contribution is -0.147. The number of carbonyl (C=O) groups is 1. The smallest absolute Gasteiger partial charge is 0.332 e. The number of fused-ring (bicyclic) bond motifs is 2. The molecule has 3 heterocycles. The zero-order valence-electron chi connectivity index (χ0n) is 20.1. The maximum absolute atomic E-state index is 14.4. The number of nitrogens with one attached hydrogen (secondary N) is 1. The molecule has 0 amide bonds. The predicted octanol–water partition coefficient (Wildman–Crippen LogP) is 4.54. The third-order valence-corrected chi connectivity index (χ3v) is 6.79. The normalized spacial score (nSPS) is 18.5. The van der Waals surface area contributed by atoms with Gasteiger partial charge in [-0.25, -0.2) is 9.18 Å². The van der Waals surface area contributed by atoms with Crippen molar-refractivity contribution in [2.45, 2.75) is 37.7 Å². The van der Waals surface area contributed by atoms with Gasteiger partial charge in [0.25, 0.3) is 0 Å². The molecule has 1 saturated heterocycles. The average molecular weight is 482 g/mol. The van der Waals surface area contributed by atoms with E-state index in [1.54, 1.807) is 25.4 Å². The van der Waals surface area contributed by atoms with Crippen molar-refractivity contribution in [2.75, 3.05) is 27.4 Å². The van der Waals surface area contributed by atoms with Crippen LogP contribution in [0.3, 0.4) is 0 Å². The van der Waals surface area contributed by atoms with Crippen LogP contribution < -0.4 is 4.74 Å². The molecule has 184 valence electrons. The number of hydrogen-bond acceptors (Lipinski definition) is 5. The van der Waals surface area contributed by atoms with Gasteiger partial charge in [-0.2, -0.15) is 5.10 Å². The highest BCUT2D eigenvalue weighted by Crippen LogP contribution is 2.45. The molecule has 1 aliphatic heterocycles. The summed E-state index contributed by atoms with van der Waals surface area (Å²) in [6.07, 6.45) is 1.26. The summed E-state index contributed by atoms with van der Waals surface area (Å²) in [7, 11) is 3.09. The second kappa shape index (κ2) is 8.66. The minimum absolute atomic E-state index is 0.140. The first kappa shape index (κ1) is 23.3. The molecular formula is C26H28FN3O5. The van der Waals surface area contributed by atoms with E-state index in [4.69, 9.17) is 14.2 Å². The van der Waals surface area contributed by atoms with Gasteiger partial charge in [0.15, 0.2) is 17.7 Å². The summed E-state index contributed by atoms with van der Waals surface area (Å²) in [6, 6.07) is 8.88. The first-order valence-corrected chi connectivity index (χ1v) is 11.4. The van der Waals surface area contributed by atoms with Crippen LogP contribution in [0.2, 0.25) is 0 Å². The molecule has 0 aliphatic carbocycles. The molecule has 1 fully saturated rings. The Morgan fingerprint density at radius 1 is 1.31 bits per heavy atom. The van der Waals surface area contributed by atoms with E-state index in [-0.39, 0.29) is 11.7 Å². The molecule has 2 aromatic heterocycles. The summed E-state index contributed by atoms with van der Waals surface area (Å²) in [4.78, 5) is 11.7. The van der Waals surface area contributed by atoms with Crippen molar-refractivity contribution < 1.29 is 28.5 Å². The Hall–Kier alpha value is -3.43. The van der Waals surface area contributed by atoms with E-state index in [1.807, 2.05) is 12.1 Å².